The molecule has 1 aromatic heterocycles. The Bertz CT molecular complexity index is 843. The lowest BCUT2D eigenvalue weighted by molar-refractivity contribution is 0.628. The van der Waals surface area contributed by atoms with Crippen LogP contribution in [-0.4, -0.2) is 9.97 Å². The molecule has 1 heterocycles. The number of anilines is 1. The molecule has 0 fully saturated rings. The number of benzene rings is 2. The van der Waals surface area contributed by atoms with E-state index < -0.39 is 0 Å². The molecule has 3 nitrogen and oxygen atoms in total. The molecule has 0 radical (unpaired) electrons. The van der Waals surface area contributed by atoms with Gasteiger partial charge >= 0.3 is 0 Å². The zero-order valence-electron chi connectivity index (χ0n) is 12.5. The number of nitrogen functional groups attached to an aromatic ring is 1. The van der Waals surface area contributed by atoms with Gasteiger partial charge in [0, 0.05) is 11.1 Å². The summed E-state index contributed by atoms with van der Waals surface area (Å²) in [6.07, 6.45) is 0. The van der Waals surface area contributed by atoms with Crippen LogP contribution in [0.25, 0.3) is 22.5 Å². The SMILES string of the molecule is Cc1ccc(-c2cc(-c3cccc(F)c3)nc(N)n2)cc1C. The largest absolute Gasteiger partial charge is 0.368 e. The van der Waals surface area contributed by atoms with Crippen molar-refractivity contribution >= 4 is 5.95 Å². The number of aryl methyl sites for hydroxylation is 2. The van der Waals surface area contributed by atoms with E-state index in [0.717, 1.165) is 11.3 Å². The second kappa shape index (κ2) is 5.56. The van der Waals surface area contributed by atoms with Crippen molar-refractivity contribution in [2.24, 2.45) is 0 Å². The number of hydrogen-bond acceptors (Lipinski definition) is 3. The van der Waals surface area contributed by atoms with Crippen LogP contribution in [0.4, 0.5) is 10.3 Å². The van der Waals surface area contributed by atoms with Crippen molar-refractivity contribution in [2.45, 2.75) is 13.8 Å². The first-order valence-corrected chi connectivity index (χ1v) is 7.01. The topological polar surface area (TPSA) is 51.8 Å². The van der Waals surface area contributed by atoms with E-state index >= 15 is 0 Å². The number of hydrogen-bond donors (Lipinski definition) is 1. The molecule has 110 valence electrons. The van der Waals surface area contributed by atoms with Crippen molar-refractivity contribution in [3.05, 3.63) is 65.5 Å². The summed E-state index contributed by atoms with van der Waals surface area (Å²) in [5.74, 6) is -0.127. The Morgan fingerprint density at radius 3 is 2.14 bits per heavy atom. The predicted molar refractivity (Wildman–Crippen MR) is 86.7 cm³/mol. The first-order chi connectivity index (χ1) is 10.5. The summed E-state index contributed by atoms with van der Waals surface area (Å²) < 4.78 is 13.4. The number of nitrogens with two attached hydrogens (primary N) is 1. The maximum Gasteiger partial charge on any atom is 0.221 e. The van der Waals surface area contributed by atoms with E-state index in [1.54, 1.807) is 12.1 Å². The van der Waals surface area contributed by atoms with Crippen molar-refractivity contribution in [2.75, 3.05) is 5.73 Å². The molecule has 0 saturated carbocycles. The molecule has 0 aliphatic rings. The minimum absolute atomic E-state index is 0.176. The molecule has 0 saturated heterocycles. The van der Waals surface area contributed by atoms with Gasteiger partial charge in [-0.05, 0) is 49.2 Å². The lowest BCUT2D eigenvalue weighted by Crippen LogP contribution is -1.99. The fraction of sp³-hybridized carbons (Fsp3) is 0.111. The fourth-order valence-electron chi connectivity index (χ4n) is 2.31. The first-order valence-electron chi connectivity index (χ1n) is 7.01. The highest BCUT2D eigenvalue weighted by atomic mass is 19.1. The summed E-state index contributed by atoms with van der Waals surface area (Å²) in [7, 11) is 0. The molecule has 0 aliphatic heterocycles. The Kier molecular flexibility index (Phi) is 3.59. The van der Waals surface area contributed by atoms with Crippen molar-refractivity contribution in [1.82, 2.24) is 9.97 Å². The highest BCUT2D eigenvalue weighted by Crippen LogP contribution is 2.26. The van der Waals surface area contributed by atoms with Gasteiger partial charge in [0.2, 0.25) is 5.95 Å². The molecule has 0 unspecified atom stereocenters. The summed E-state index contributed by atoms with van der Waals surface area (Å²) in [6.45, 7) is 4.11. The Morgan fingerprint density at radius 2 is 1.50 bits per heavy atom. The summed E-state index contributed by atoms with van der Waals surface area (Å²) in [4.78, 5) is 8.51. The molecule has 0 atom stereocenters. The minimum atomic E-state index is -0.303. The Balaban J connectivity index is 2.12. The third-order valence-electron chi connectivity index (χ3n) is 3.67. The smallest absolute Gasteiger partial charge is 0.221 e. The second-order valence-corrected chi connectivity index (χ2v) is 5.31. The Labute approximate surface area is 128 Å². The number of rotatable bonds is 2. The first kappa shape index (κ1) is 14.2. The van der Waals surface area contributed by atoms with Gasteiger partial charge in [-0.1, -0.05) is 24.3 Å². The van der Waals surface area contributed by atoms with Crippen molar-refractivity contribution in [3.63, 3.8) is 0 Å². The van der Waals surface area contributed by atoms with Gasteiger partial charge in [-0.3, -0.25) is 0 Å². The molecular formula is C18H16FN3. The van der Waals surface area contributed by atoms with Crippen LogP contribution in [0, 0.1) is 19.7 Å². The molecule has 0 amide bonds. The molecule has 4 heteroatoms. The van der Waals surface area contributed by atoms with Gasteiger partial charge in [0.25, 0.3) is 0 Å². The highest BCUT2D eigenvalue weighted by molar-refractivity contribution is 5.69. The average Bonchev–Trinajstić information content (AvgIpc) is 2.49. The standard InChI is InChI=1S/C18H16FN3/c1-11-6-7-14(8-12(11)2)17-10-16(21-18(20)22-17)13-4-3-5-15(19)9-13/h3-10H,1-2H3,(H2,20,21,22). The molecule has 3 aromatic rings. The van der Waals surface area contributed by atoms with E-state index in [4.69, 9.17) is 5.73 Å². The molecule has 0 bridgehead atoms. The maximum absolute atomic E-state index is 13.4. The van der Waals surface area contributed by atoms with Gasteiger partial charge in [0.15, 0.2) is 0 Å². The zero-order chi connectivity index (χ0) is 15.7. The minimum Gasteiger partial charge on any atom is -0.368 e. The fourth-order valence-corrected chi connectivity index (χ4v) is 2.31. The average molecular weight is 293 g/mol. The summed E-state index contributed by atoms with van der Waals surface area (Å²) >= 11 is 0. The number of nitrogens with zero attached hydrogens (tertiary/aromatic N) is 2. The van der Waals surface area contributed by atoms with E-state index in [1.165, 1.54) is 23.3 Å². The van der Waals surface area contributed by atoms with Crippen LogP contribution in [-0.2, 0) is 0 Å². The molecule has 2 N–H and O–H groups in total. The van der Waals surface area contributed by atoms with Crippen molar-refractivity contribution in [1.29, 1.82) is 0 Å². The van der Waals surface area contributed by atoms with E-state index in [2.05, 4.69) is 29.9 Å². The molecule has 2 aromatic carbocycles. The number of aromatic nitrogens is 2. The lowest BCUT2D eigenvalue weighted by atomic mass is 10.0. The molecule has 3 rings (SSSR count). The number of halogens is 1. The predicted octanol–water partition coefficient (Wildman–Crippen LogP) is 4.15. The van der Waals surface area contributed by atoms with Gasteiger partial charge in [-0.15, -0.1) is 0 Å². The Hall–Kier alpha value is -2.75. The van der Waals surface area contributed by atoms with Crippen LogP contribution < -0.4 is 5.73 Å². The summed E-state index contributed by atoms with van der Waals surface area (Å²) in [6, 6.07) is 14.2. The van der Waals surface area contributed by atoms with Crippen LogP contribution in [0.1, 0.15) is 11.1 Å². The Morgan fingerprint density at radius 1 is 0.818 bits per heavy atom. The highest BCUT2D eigenvalue weighted by Gasteiger charge is 2.08. The summed E-state index contributed by atoms with van der Waals surface area (Å²) in [5, 5.41) is 0. The molecule has 0 aliphatic carbocycles. The van der Waals surface area contributed by atoms with Gasteiger partial charge < -0.3 is 5.73 Å². The van der Waals surface area contributed by atoms with Crippen molar-refractivity contribution < 1.29 is 4.39 Å². The van der Waals surface area contributed by atoms with E-state index in [-0.39, 0.29) is 11.8 Å². The van der Waals surface area contributed by atoms with Crippen LogP contribution >= 0.6 is 0 Å². The monoisotopic (exact) mass is 293 g/mol. The van der Waals surface area contributed by atoms with Gasteiger partial charge in [-0.2, -0.15) is 0 Å². The third-order valence-corrected chi connectivity index (χ3v) is 3.67. The molecular weight excluding hydrogens is 277 g/mol. The normalized spacial score (nSPS) is 10.7. The molecule has 22 heavy (non-hydrogen) atoms. The van der Waals surface area contributed by atoms with Crippen LogP contribution in [0.2, 0.25) is 0 Å². The lowest BCUT2D eigenvalue weighted by Gasteiger charge is -2.08. The van der Waals surface area contributed by atoms with Gasteiger partial charge in [0.1, 0.15) is 5.82 Å². The van der Waals surface area contributed by atoms with Crippen molar-refractivity contribution in [3.8, 4) is 22.5 Å². The quantitative estimate of drug-likeness (QED) is 0.772. The van der Waals surface area contributed by atoms with E-state index in [0.29, 0.717) is 11.3 Å². The molecule has 0 spiro atoms. The third kappa shape index (κ3) is 2.81. The van der Waals surface area contributed by atoms with Gasteiger partial charge in [0.05, 0.1) is 11.4 Å². The van der Waals surface area contributed by atoms with Crippen LogP contribution in [0.15, 0.2) is 48.5 Å². The summed E-state index contributed by atoms with van der Waals surface area (Å²) in [5.41, 5.74) is 11.2. The van der Waals surface area contributed by atoms with E-state index in [9.17, 15) is 4.39 Å². The maximum atomic E-state index is 13.4. The second-order valence-electron chi connectivity index (χ2n) is 5.31. The zero-order valence-corrected chi connectivity index (χ0v) is 12.5. The van der Waals surface area contributed by atoms with Gasteiger partial charge in [-0.25, -0.2) is 14.4 Å². The van der Waals surface area contributed by atoms with E-state index in [1.807, 2.05) is 18.2 Å². The van der Waals surface area contributed by atoms with Crippen LogP contribution in [0.5, 0.6) is 0 Å². The van der Waals surface area contributed by atoms with Crippen LogP contribution in [0.3, 0.4) is 0 Å².